The van der Waals surface area contributed by atoms with Gasteiger partial charge in [0.1, 0.15) is 5.60 Å². The Bertz CT molecular complexity index is 327. The first-order valence-electron chi connectivity index (χ1n) is 7.26. The number of rotatable bonds is 7. The second-order valence-corrected chi connectivity index (χ2v) is 5.52. The Balaban J connectivity index is 3.91. The van der Waals surface area contributed by atoms with Crippen LogP contribution in [0.2, 0.25) is 0 Å². The molecule has 0 atom stereocenters. The second-order valence-electron chi connectivity index (χ2n) is 5.52. The number of carbonyl (C=O) groups excluding carboxylic acids is 1. The van der Waals surface area contributed by atoms with Crippen molar-refractivity contribution in [3.63, 3.8) is 0 Å². The van der Waals surface area contributed by atoms with Gasteiger partial charge >= 0.3 is 6.09 Å². The van der Waals surface area contributed by atoms with Crippen molar-refractivity contribution in [2.45, 2.75) is 33.3 Å². The molecule has 0 rings (SSSR count). The molecule has 0 saturated carbocycles. The van der Waals surface area contributed by atoms with Crippen LogP contribution in [0, 0.1) is 0 Å². The standard InChI is InChI=1S/C14H30N4O3/c1-7-20-11-9-17-12(15-5)16-8-10-18(6)13(19)21-14(2,3)4/h7-11H2,1-6H3,(H2,15,16,17). The predicted molar refractivity (Wildman–Crippen MR) is 84.7 cm³/mol. The van der Waals surface area contributed by atoms with Crippen molar-refractivity contribution in [1.29, 1.82) is 0 Å². The van der Waals surface area contributed by atoms with Gasteiger partial charge in [-0.2, -0.15) is 0 Å². The van der Waals surface area contributed by atoms with E-state index >= 15 is 0 Å². The number of hydrogen-bond acceptors (Lipinski definition) is 4. The van der Waals surface area contributed by atoms with Crippen molar-refractivity contribution < 1.29 is 14.3 Å². The molecule has 0 aromatic heterocycles. The highest BCUT2D eigenvalue weighted by Gasteiger charge is 2.19. The Morgan fingerprint density at radius 2 is 1.86 bits per heavy atom. The topological polar surface area (TPSA) is 75.2 Å². The summed E-state index contributed by atoms with van der Waals surface area (Å²) in [5.74, 6) is 0.687. The van der Waals surface area contributed by atoms with Crippen LogP contribution in [0.25, 0.3) is 0 Å². The molecule has 7 nitrogen and oxygen atoms in total. The lowest BCUT2D eigenvalue weighted by atomic mass is 10.2. The Kier molecular flexibility index (Phi) is 9.53. The van der Waals surface area contributed by atoms with Gasteiger partial charge in [-0.05, 0) is 27.7 Å². The normalized spacial score (nSPS) is 12.0. The minimum Gasteiger partial charge on any atom is -0.444 e. The van der Waals surface area contributed by atoms with Gasteiger partial charge in [-0.15, -0.1) is 0 Å². The number of guanidine groups is 1. The van der Waals surface area contributed by atoms with E-state index in [0.717, 1.165) is 0 Å². The number of aliphatic imine (C=N–C) groups is 1. The van der Waals surface area contributed by atoms with Crippen LogP contribution < -0.4 is 10.6 Å². The van der Waals surface area contributed by atoms with Crippen LogP contribution in [0.15, 0.2) is 4.99 Å². The summed E-state index contributed by atoms with van der Waals surface area (Å²) in [7, 11) is 3.41. The van der Waals surface area contributed by atoms with E-state index in [-0.39, 0.29) is 6.09 Å². The Morgan fingerprint density at radius 3 is 2.38 bits per heavy atom. The maximum absolute atomic E-state index is 11.8. The third-order valence-corrected chi connectivity index (χ3v) is 2.41. The molecular weight excluding hydrogens is 272 g/mol. The summed E-state index contributed by atoms with van der Waals surface area (Å²) in [4.78, 5) is 17.4. The third kappa shape index (κ3) is 10.9. The van der Waals surface area contributed by atoms with Crippen LogP contribution in [0.1, 0.15) is 27.7 Å². The number of carbonyl (C=O) groups is 1. The quantitative estimate of drug-likeness (QED) is 0.418. The monoisotopic (exact) mass is 302 g/mol. The number of hydrogen-bond donors (Lipinski definition) is 2. The molecule has 0 saturated heterocycles. The molecule has 0 spiro atoms. The molecule has 0 unspecified atom stereocenters. The number of amides is 1. The number of ether oxygens (including phenoxy) is 2. The largest absolute Gasteiger partial charge is 0.444 e. The van der Waals surface area contributed by atoms with E-state index in [9.17, 15) is 4.79 Å². The molecule has 124 valence electrons. The molecule has 0 aliphatic carbocycles. The van der Waals surface area contributed by atoms with Gasteiger partial charge in [0.15, 0.2) is 5.96 Å². The van der Waals surface area contributed by atoms with Gasteiger partial charge < -0.3 is 25.0 Å². The molecular formula is C14H30N4O3. The molecule has 0 fully saturated rings. The summed E-state index contributed by atoms with van der Waals surface area (Å²) in [6, 6.07) is 0. The van der Waals surface area contributed by atoms with Crippen LogP contribution in [-0.4, -0.2) is 69.5 Å². The lowest BCUT2D eigenvalue weighted by Gasteiger charge is -2.24. The first-order valence-corrected chi connectivity index (χ1v) is 7.26. The van der Waals surface area contributed by atoms with Crippen LogP contribution >= 0.6 is 0 Å². The molecule has 21 heavy (non-hydrogen) atoms. The predicted octanol–water partition coefficient (Wildman–Crippen LogP) is 1.05. The Hall–Kier alpha value is -1.50. The first kappa shape index (κ1) is 19.5. The molecule has 0 heterocycles. The van der Waals surface area contributed by atoms with Crippen LogP contribution in [-0.2, 0) is 9.47 Å². The van der Waals surface area contributed by atoms with E-state index < -0.39 is 5.60 Å². The van der Waals surface area contributed by atoms with E-state index in [1.165, 1.54) is 4.90 Å². The van der Waals surface area contributed by atoms with Crippen LogP contribution in [0.5, 0.6) is 0 Å². The van der Waals surface area contributed by atoms with E-state index in [0.29, 0.717) is 38.8 Å². The van der Waals surface area contributed by atoms with E-state index in [1.807, 2.05) is 27.7 Å². The Labute approximate surface area is 128 Å². The average molecular weight is 302 g/mol. The van der Waals surface area contributed by atoms with Crippen molar-refractivity contribution in [3.05, 3.63) is 0 Å². The zero-order valence-electron chi connectivity index (χ0n) is 14.2. The lowest BCUT2D eigenvalue weighted by Crippen LogP contribution is -2.43. The molecule has 2 N–H and O–H groups in total. The van der Waals surface area contributed by atoms with E-state index in [2.05, 4.69) is 15.6 Å². The summed E-state index contributed by atoms with van der Waals surface area (Å²) >= 11 is 0. The fourth-order valence-electron chi connectivity index (χ4n) is 1.38. The number of likely N-dealkylation sites (N-methyl/N-ethyl adjacent to an activating group) is 1. The zero-order valence-corrected chi connectivity index (χ0v) is 14.2. The van der Waals surface area contributed by atoms with Gasteiger partial charge in [0.25, 0.3) is 0 Å². The van der Waals surface area contributed by atoms with Crippen LogP contribution in [0.3, 0.4) is 0 Å². The van der Waals surface area contributed by atoms with Gasteiger partial charge in [0.05, 0.1) is 6.61 Å². The zero-order chi connectivity index (χ0) is 16.3. The lowest BCUT2D eigenvalue weighted by molar-refractivity contribution is 0.0302. The van der Waals surface area contributed by atoms with Gasteiger partial charge in [0.2, 0.25) is 0 Å². The first-order chi connectivity index (χ1) is 9.80. The smallest absolute Gasteiger partial charge is 0.410 e. The van der Waals surface area contributed by atoms with Gasteiger partial charge in [-0.3, -0.25) is 4.99 Å². The van der Waals surface area contributed by atoms with Crippen molar-refractivity contribution in [2.75, 3.05) is 46.9 Å². The van der Waals surface area contributed by atoms with Gasteiger partial charge in [-0.1, -0.05) is 0 Å². The molecule has 7 heteroatoms. The van der Waals surface area contributed by atoms with Gasteiger partial charge in [-0.25, -0.2) is 4.79 Å². The number of nitrogens with one attached hydrogen (secondary N) is 2. The summed E-state index contributed by atoms with van der Waals surface area (Å²) in [6.07, 6.45) is -0.330. The minimum absolute atomic E-state index is 0.330. The van der Waals surface area contributed by atoms with Gasteiger partial charge in [0, 0.05) is 40.3 Å². The molecule has 1 amide bonds. The molecule has 0 aliphatic heterocycles. The highest BCUT2D eigenvalue weighted by molar-refractivity contribution is 5.79. The highest BCUT2D eigenvalue weighted by atomic mass is 16.6. The summed E-state index contributed by atoms with van der Waals surface area (Å²) < 4.78 is 10.5. The molecule has 0 radical (unpaired) electrons. The fraction of sp³-hybridized carbons (Fsp3) is 0.857. The molecule has 0 aromatic carbocycles. The van der Waals surface area contributed by atoms with Crippen molar-refractivity contribution in [1.82, 2.24) is 15.5 Å². The minimum atomic E-state index is -0.477. The molecule has 0 aliphatic rings. The highest BCUT2D eigenvalue weighted by Crippen LogP contribution is 2.08. The average Bonchev–Trinajstić information content (AvgIpc) is 2.39. The van der Waals surface area contributed by atoms with E-state index in [1.54, 1.807) is 14.1 Å². The summed E-state index contributed by atoms with van der Waals surface area (Å²) in [5, 5.41) is 6.25. The van der Waals surface area contributed by atoms with Crippen molar-refractivity contribution >= 4 is 12.1 Å². The van der Waals surface area contributed by atoms with Crippen LogP contribution in [0.4, 0.5) is 4.79 Å². The van der Waals surface area contributed by atoms with Crippen molar-refractivity contribution in [3.8, 4) is 0 Å². The maximum atomic E-state index is 11.8. The molecule has 0 aromatic rings. The summed E-state index contributed by atoms with van der Waals surface area (Å²) in [6.45, 7) is 10.6. The second kappa shape index (κ2) is 10.3. The number of nitrogens with zero attached hydrogens (tertiary/aromatic N) is 2. The third-order valence-electron chi connectivity index (χ3n) is 2.41. The maximum Gasteiger partial charge on any atom is 0.410 e. The summed E-state index contributed by atoms with van der Waals surface area (Å²) in [5.41, 5.74) is -0.477. The van der Waals surface area contributed by atoms with Crippen molar-refractivity contribution in [2.24, 2.45) is 4.99 Å². The molecule has 0 bridgehead atoms. The SMILES string of the molecule is CCOCCNC(=NC)NCCN(C)C(=O)OC(C)(C)C. The Morgan fingerprint density at radius 1 is 1.24 bits per heavy atom. The fourth-order valence-corrected chi connectivity index (χ4v) is 1.38. The van der Waals surface area contributed by atoms with E-state index in [4.69, 9.17) is 9.47 Å².